The SMILES string of the molecule is CCOc1ccc(N(CC(=O)N(Cc2ccc(Cl)cc2)[C@H](C)C(=O)NCC(C)C)S(=O)(=O)c2ccc(Cl)cc2)cc1. The molecule has 8 nitrogen and oxygen atoms in total. The molecule has 1 atom stereocenters. The number of benzene rings is 3. The molecule has 0 aromatic heterocycles. The molecule has 0 unspecified atom stereocenters. The molecule has 1 N–H and O–H groups in total. The van der Waals surface area contributed by atoms with E-state index in [1.807, 2.05) is 20.8 Å². The van der Waals surface area contributed by atoms with Crippen LogP contribution in [0.3, 0.4) is 0 Å². The Kier molecular flexibility index (Phi) is 11.5. The molecular weight excluding hydrogens is 585 g/mol. The van der Waals surface area contributed by atoms with Crippen molar-refractivity contribution in [3.63, 3.8) is 0 Å². The molecule has 0 fully saturated rings. The van der Waals surface area contributed by atoms with Crippen LogP contribution in [0.25, 0.3) is 0 Å². The summed E-state index contributed by atoms with van der Waals surface area (Å²) in [5.41, 5.74) is 1.000. The van der Waals surface area contributed by atoms with E-state index in [4.69, 9.17) is 27.9 Å². The van der Waals surface area contributed by atoms with Crippen LogP contribution in [0.15, 0.2) is 77.7 Å². The van der Waals surface area contributed by atoms with E-state index in [1.54, 1.807) is 55.5 Å². The first-order valence-corrected chi connectivity index (χ1v) is 15.4. The minimum Gasteiger partial charge on any atom is -0.494 e. The van der Waals surface area contributed by atoms with E-state index in [9.17, 15) is 18.0 Å². The van der Waals surface area contributed by atoms with Crippen LogP contribution in [0.1, 0.15) is 33.3 Å². The molecule has 0 aliphatic rings. The fourth-order valence-corrected chi connectivity index (χ4v) is 5.63. The Morgan fingerprint density at radius 3 is 1.98 bits per heavy atom. The second-order valence-electron chi connectivity index (χ2n) is 9.86. The van der Waals surface area contributed by atoms with Gasteiger partial charge in [-0.25, -0.2) is 8.42 Å². The molecule has 2 amide bonds. The third-order valence-electron chi connectivity index (χ3n) is 6.23. The Morgan fingerprint density at radius 1 is 0.878 bits per heavy atom. The van der Waals surface area contributed by atoms with Gasteiger partial charge in [0, 0.05) is 23.1 Å². The second-order valence-corrected chi connectivity index (χ2v) is 12.6. The number of carbonyl (C=O) groups excluding carboxylic acids is 2. The van der Waals surface area contributed by atoms with Gasteiger partial charge in [-0.05, 0) is 86.0 Å². The molecule has 0 bridgehead atoms. The summed E-state index contributed by atoms with van der Waals surface area (Å²) in [7, 11) is -4.20. The molecule has 41 heavy (non-hydrogen) atoms. The largest absolute Gasteiger partial charge is 0.494 e. The minimum atomic E-state index is -4.20. The van der Waals surface area contributed by atoms with Gasteiger partial charge >= 0.3 is 0 Å². The number of nitrogens with zero attached hydrogens (tertiary/aromatic N) is 2. The standard InChI is InChI=1S/C30H35Cl2N3O5S/c1-5-40-27-14-12-26(13-15-27)35(41(38,39)28-16-10-25(32)11-17-28)20-29(36)34(19-23-6-8-24(31)9-7-23)22(4)30(37)33-18-21(2)3/h6-17,21-22H,5,18-20H2,1-4H3,(H,33,37)/t22-/m1/s1. The Bertz CT molecular complexity index is 1410. The summed E-state index contributed by atoms with van der Waals surface area (Å²) in [4.78, 5) is 28.4. The summed E-state index contributed by atoms with van der Waals surface area (Å²) in [5.74, 6) is -0.120. The van der Waals surface area contributed by atoms with Crippen LogP contribution in [-0.2, 0) is 26.2 Å². The maximum atomic E-state index is 14.0. The summed E-state index contributed by atoms with van der Waals surface area (Å²) in [6.45, 7) is 7.82. The molecule has 0 aliphatic heterocycles. The third kappa shape index (κ3) is 8.86. The zero-order valence-electron chi connectivity index (χ0n) is 23.5. The van der Waals surface area contributed by atoms with Crippen LogP contribution in [0.5, 0.6) is 5.75 Å². The monoisotopic (exact) mass is 619 g/mol. The van der Waals surface area contributed by atoms with Gasteiger partial charge in [0.15, 0.2) is 0 Å². The summed E-state index contributed by atoms with van der Waals surface area (Å²) in [5, 5.41) is 3.77. The summed E-state index contributed by atoms with van der Waals surface area (Å²) in [6, 6.07) is 18.2. The number of sulfonamides is 1. The zero-order valence-corrected chi connectivity index (χ0v) is 25.8. The molecule has 0 spiro atoms. The second kappa shape index (κ2) is 14.6. The number of amides is 2. The Morgan fingerprint density at radius 2 is 1.44 bits per heavy atom. The highest BCUT2D eigenvalue weighted by molar-refractivity contribution is 7.92. The molecule has 220 valence electrons. The van der Waals surface area contributed by atoms with E-state index in [0.29, 0.717) is 28.9 Å². The Labute approximate surface area is 252 Å². The van der Waals surface area contributed by atoms with E-state index in [1.165, 1.54) is 29.2 Å². The van der Waals surface area contributed by atoms with Crippen molar-refractivity contribution >= 4 is 50.7 Å². The first kappa shape index (κ1) is 32.2. The maximum absolute atomic E-state index is 14.0. The zero-order chi connectivity index (χ0) is 30.2. The van der Waals surface area contributed by atoms with Crippen molar-refractivity contribution in [1.29, 1.82) is 0 Å². The van der Waals surface area contributed by atoms with Crippen LogP contribution < -0.4 is 14.4 Å². The Hall–Kier alpha value is -3.27. The number of nitrogens with one attached hydrogen (secondary N) is 1. The quantitative estimate of drug-likeness (QED) is 0.262. The van der Waals surface area contributed by atoms with Gasteiger partial charge < -0.3 is 15.0 Å². The van der Waals surface area contributed by atoms with Crippen molar-refractivity contribution in [2.24, 2.45) is 5.92 Å². The normalized spacial score (nSPS) is 12.1. The molecular formula is C30H35Cl2N3O5S. The van der Waals surface area contributed by atoms with E-state index in [0.717, 1.165) is 9.87 Å². The van der Waals surface area contributed by atoms with E-state index < -0.39 is 28.5 Å². The number of carbonyl (C=O) groups is 2. The van der Waals surface area contributed by atoms with Crippen molar-refractivity contribution in [1.82, 2.24) is 10.2 Å². The van der Waals surface area contributed by atoms with Gasteiger partial charge in [0.25, 0.3) is 10.0 Å². The van der Waals surface area contributed by atoms with Gasteiger partial charge in [0.2, 0.25) is 11.8 Å². The average Bonchev–Trinajstić information content (AvgIpc) is 2.94. The number of hydrogen-bond acceptors (Lipinski definition) is 5. The van der Waals surface area contributed by atoms with Crippen molar-refractivity contribution < 1.29 is 22.7 Å². The van der Waals surface area contributed by atoms with Crippen molar-refractivity contribution in [2.45, 2.75) is 45.2 Å². The number of ether oxygens (including phenoxy) is 1. The van der Waals surface area contributed by atoms with Crippen molar-refractivity contribution in [2.75, 3.05) is 24.0 Å². The van der Waals surface area contributed by atoms with Crippen LogP contribution in [-0.4, -0.2) is 50.9 Å². The minimum absolute atomic E-state index is 0.0319. The molecule has 0 aliphatic carbocycles. The lowest BCUT2D eigenvalue weighted by atomic mass is 10.1. The number of rotatable bonds is 13. The molecule has 3 rings (SSSR count). The van der Waals surface area contributed by atoms with Crippen LogP contribution >= 0.6 is 23.2 Å². The molecule has 0 saturated heterocycles. The highest BCUT2D eigenvalue weighted by atomic mass is 35.5. The highest BCUT2D eigenvalue weighted by Crippen LogP contribution is 2.27. The van der Waals surface area contributed by atoms with Crippen LogP contribution in [0.4, 0.5) is 5.69 Å². The summed E-state index contributed by atoms with van der Waals surface area (Å²) in [6.07, 6.45) is 0. The van der Waals surface area contributed by atoms with Gasteiger partial charge in [-0.1, -0.05) is 49.2 Å². The Balaban J connectivity index is 2.01. The lowest BCUT2D eigenvalue weighted by Crippen LogP contribution is -2.51. The van der Waals surface area contributed by atoms with Gasteiger partial charge in [0.05, 0.1) is 17.2 Å². The number of hydrogen-bond donors (Lipinski definition) is 1. The van der Waals surface area contributed by atoms with E-state index in [2.05, 4.69) is 5.32 Å². The fourth-order valence-electron chi connectivity index (χ4n) is 3.96. The van der Waals surface area contributed by atoms with Crippen molar-refractivity contribution in [3.8, 4) is 5.75 Å². The summed E-state index contributed by atoms with van der Waals surface area (Å²) >= 11 is 12.0. The number of anilines is 1. The van der Waals surface area contributed by atoms with Crippen molar-refractivity contribution in [3.05, 3.63) is 88.4 Å². The van der Waals surface area contributed by atoms with E-state index >= 15 is 0 Å². The highest BCUT2D eigenvalue weighted by Gasteiger charge is 2.32. The van der Waals surface area contributed by atoms with E-state index in [-0.39, 0.29) is 29.0 Å². The van der Waals surface area contributed by atoms with Gasteiger partial charge in [-0.2, -0.15) is 0 Å². The van der Waals surface area contributed by atoms with Gasteiger partial charge in [0.1, 0.15) is 18.3 Å². The number of halogens is 2. The molecule has 0 heterocycles. The third-order valence-corrected chi connectivity index (χ3v) is 8.53. The maximum Gasteiger partial charge on any atom is 0.264 e. The predicted octanol–water partition coefficient (Wildman–Crippen LogP) is 5.78. The molecule has 3 aromatic carbocycles. The average molecular weight is 621 g/mol. The molecule has 0 radical (unpaired) electrons. The lowest BCUT2D eigenvalue weighted by Gasteiger charge is -2.32. The van der Waals surface area contributed by atoms with Crippen LogP contribution in [0.2, 0.25) is 10.0 Å². The first-order chi connectivity index (χ1) is 19.4. The van der Waals surface area contributed by atoms with Gasteiger partial charge in [-0.15, -0.1) is 0 Å². The smallest absolute Gasteiger partial charge is 0.264 e. The molecule has 0 saturated carbocycles. The summed E-state index contributed by atoms with van der Waals surface area (Å²) < 4.78 is 34.3. The first-order valence-electron chi connectivity index (χ1n) is 13.2. The predicted molar refractivity (Wildman–Crippen MR) is 163 cm³/mol. The lowest BCUT2D eigenvalue weighted by molar-refractivity contribution is -0.139. The molecule has 11 heteroatoms. The fraction of sp³-hybridized carbons (Fsp3) is 0.333. The van der Waals surface area contributed by atoms with Gasteiger partial charge in [-0.3, -0.25) is 13.9 Å². The molecule has 3 aromatic rings. The topological polar surface area (TPSA) is 96.0 Å². The van der Waals surface area contributed by atoms with Crippen LogP contribution in [0, 0.1) is 5.92 Å².